The van der Waals surface area contributed by atoms with Crippen LogP contribution in [0.4, 0.5) is 0 Å². The van der Waals surface area contributed by atoms with Gasteiger partial charge in [0, 0.05) is 15.9 Å². The molecule has 1 aliphatic carbocycles. The summed E-state index contributed by atoms with van der Waals surface area (Å²) in [6.07, 6.45) is 6.88. The predicted octanol–water partition coefficient (Wildman–Crippen LogP) is 4.09. The van der Waals surface area contributed by atoms with Gasteiger partial charge in [-0.25, -0.2) is 0 Å². The number of rotatable bonds is 5. The number of halogens is 2. The van der Waals surface area contributed by atoms with E-state index in [-0.39, 0.29) is 29.8 Å². The third-order valence-electron chi connectivity index (χ3n) is 5.59. The highest BCUT2D eigenvalue weighted by Gasteiger charge is 2.37. The van der Waals surface area contributed by atoms with Crippen LogP contribution in [0.5, 0.6) is 0 Å². The molecule has 2 N–H and O–H groups in total. The van der Waals surface area contributed by atoms with E-state index in [1.54, 1.807) is 0 Å². The summed E-state index contributed by atoms with van der Waals surface area (Å²) in [5.41, 5.74) is 1.27. The molecule has 3 nitrogen and oxygen atoms in total. The second-order valence-electron chi connectivity index (χ2n) is 7.34. The second-order valence-corrected chi connectivity index (χ2v) is 8.26. The van der Waals surface area contributed by atoms with Crippen LogP contribution in [0.1, 0.15) is 44.6 Å². The Morgan fingerprint density at radius 2 is 1.88 bits per heavy atom. The molecular formula is C19H28BrClN2O. The molecule has 0 radical (unpaired) electrons. The monoisotopic (exact) mass is 414 g/mol. The Hall–Kier alpha value is -0.580. The number of hydrogen-bond donors (Lipinski definition) is 2. The summed E-state index contributed by atoms with van der Waals surface area (Å²) in [4.78, 5) is 12.7. The Balaban J connectivity index is 0.00000208. The van der Waals surface area contributed by atoms with Crippen molar-refractivity contribution in [2.75, 3.05) is 13.1 Å². The number of carbonyl (C=O) groups is 1. The van der Waals surface area contributed by atoms with Gasteiger partial charge in [-0.2, -0.15) is 0 Å². The lowest BCUT2D eigenvalue weighted by Gasteiger charge is -2.41. The van der Waals surface area contributed by atoms with E-state index in [0.717, 1.165) is 36.8 Å². The van der Waals surface area contributed by atoms with Gasteiger partial charge in [-0.3, -0.25) is 4.79 Å². The first-order valence-electron chi connectivity index (χ1n) is 8.85. The van der Waals surface area contributed by atoms with E-state index in [2.05, 4.69) is 57.8 Å². The molecule has 0 bridgehead atoms. The second kappa shape index (κ2) is 8.68. The molecule has 5 heteroatoms. The standard InChI is InChI=1S/C19H27BrN2O.ClH/c1-14(16-12-21-13-16)18(23)22-19(9-3-2-4-10-19)11-15-5-7-17(20)8-6-15;/h5-8,14,16,21H,2-4,9-13H2,1H3,(H,22,23);1H. The summed E-state index contributed by atoms with van der Waals surface area (Å²) in [6, 6.07) is 8.53. The summed E-state index contributed by atoms with van der Waals surface area (Å²) in [7, 11) is 0. The molecule has 1 aromatic rings. The molecule has 1 atom stereocenters. The Bertz CT molecular complexity index is 539. The maximum Gasteiger partial charge on any atom is 0.223 e. The van der Waals surface area contributed by atoms with Gasteiger partial charge in [-0.15, -0.1) is 12.4 Å². The fourth-order valence-electron chi connectivity index (χ4n) is 3.82. The summed E-state index contributed by atoms with van der Waals surface area (Å²) in [5.74, 6) is 0.860. The molecule has 1 saturated heterocycles. The molecule has 0 aromatic heterocycles. The number of hydrogen-bond acceptors (Lipinski definition) is 2. The lowest BCUT2D eigenvalue weighted by atomic mass is 9.76. The van der Waals surface area contributed by atoms with Crippen molar-refractivity contribution in [1.82, 2.24) is 10.6 Å². The van der Waals surface area contributed by atoms with E-state index < -0.39 is 0 Å². The maximum absolute atomic E-state index is 12.7. The Kier molecular flexibility index (Phi) is 7.14. The van der Waals surface area contributed by atoms with Crippen molar-refractivity contribution in [1.29, 1.82) is 0 Å². The lowest BCUT2D eigenvalue weighted by molar-refractivity contribution is -0.129. The smallest absolute Gasteiger partial charge is 0.223 e. The Morgan fingerprint density at radius 1 is 1.25 bits per heavy atom. The summed E-state index contributed by atoms with van der Waals surface area (Å²) in [5, 5.41) is 6.74. The van der Waals surface area contributed by atoms with E-state index in [1.807, 2.05) is 0 Å². The van der Waals surface area contributed by atoms with Crippen molar-refractivity contribution < 1.29 is 4.79 Å². The van der Waals surface area contributed by atoms with E-state index in [9.17, 15) is 4.79 Å². The Labute approximate surface area is 159 Å². The zero-order chi connectivity index (χ0) is 16.3. The van der Waals surface area contributed by atoms with Crippen molar-refractivity contribution in [3.8, 4) is 0 Å². The topological polar surface area (TPSA) is 41.1 Å². The minimum Gasteiger partial charge on any atom is -0.350 e. The average molecular weight is 416 g/mol. The SMILES string of the molecule is CC(C(=O)NC1(Cc2ccc(Br)cc2)CCCCC1)C1CNC1.Cl. The van der Waals surface area contributed by atoms with Crippen LogP contribution in [-0.4, -0.2) is 24.5 Å². The fourth-order valence-corrected chi connectivity index (χ4v) is 4.09. The number of benzene rings is 1. The van der Waals surface area contributed by atoms with Gasteiger partial charge >= 0.3 is 0 Å². The van der Waals surface area contributed by atoms with Gasteiger partial charge in [-0.1, -0.05) is 54.2 Å². The zero-order valence-electron chi connectivity index (χ0n) is 14.3. The molecule has 3 rings (SSSR count). The van der Waals surface area contributed by atoms with Gasteiger partial charge in [0.2, 0.25) is 5.91 Å². The first-order valence-corrected chi connectivity index (χ1v) is 9.64. The number of nitrogens with one attached hydrogen (secondary N) is 2. The van der Waals surface area contributed by atoms with Crippen molar-refractivity contribution in [2.45, 2.75) is 51.0 Å². The first kappa shape index (κ1) is 19.7. The average Bonchev–Trinajstić information content (AvgIpc) is 2.48. The highest BCUT2D eigenvalue weighted by molar-refractivity contribution is 9.10. The molecule has 24 heavy (non-hydrogen) atoms. The molecule has 2 fully saturated rings. The van der Waals surface area contributed by atoms with Crippen molar-refractivity contribution in [2.24, 2.45) is 11.8 Å². The van der Waals surface area contributed by atoms with Crippen LogP contribution in [-0.2, 0) is 11.2 Å². The molecule has 2 aliphatic rings. The van der Waals surface area contributed by atoms with Crippen LogP contribution in [0.25, 0.3) is 0 Å². The molecule has 0 spiro atoms. The third kappa shape index (κ3) is 4.74. The quantitative estimate of drug-likeness (QED) is 0.760. The van der Waals surface area contributed by atoms with Gasteiger partial charge in [0.25, 0.3) is 0 Å². The highest BCUT2D eigenvalue weighted by atomic mass is 79.9. The van der Waals surface area contributed by atoms with Crippen LogP contribution < -0.4 is 10.6 Å². The molecule has 1 amide bonds. The number of carbonyl (C=O) groups excluding carboxylic acids is 1. The van der Waals surface area contributed by atoms with Gasteiger partial charge in [-0.05, 0) is 56.0 Å². The van der Waals surface area contributed by atoms with Crippen LogP contribution >= 0.6 is 28.3 Å². The molecular weight excluding hydrogens is 388 g/mol. The van der Waals surface area contributed by atoms with Crippen molar-refractivity contribution >= 4 is 34.2 Å². The minimum atomic E-state index is -0.0470. The van der Waals surface area contributed by atoms with Crippen LogP contribution in [0.3, 0.4) is 0 Å². The summed E-state index contributed by atoms with van der Waals surface area (Å²) >= 11 is 3.50. The largest absolute Gasteiger partial charge is 0.350 e. The van der Waals surface area contributed by atoms with Gasteiger partial charge < -0.3 is 10.6 Å². The molecule has 1 unspecified atom stereocenters. The van der Waals surface area contributed by atoms with E-state index in [4.69, 9.17) is 0 Å². The van der Waals surface area contributed by atoms with Crippen LogP contribution in [0.2, 0.25) is 0 Å². The van der Waals surface area contributed by atoms with E-state index >= 15 is 0 Å². The van der Waals surface area contributed by atoms with Gasteiger partial charge in [0.15, 0.2) is 0 Å². The molecule has 1 aromatic carbocycles. The van der Waals surface area contributed by atoms with Crippen LogP contribution in [0, 0.1) is 11.8 Å². The molecule has 1 saturated carbocycles. The van der Waals surface area contributed by atoms with Gasteiger partial charge in [0.1, 0.15) is 0 Å². The third-order valence-corrected chi connectivity index (χ3v) is 6.12. The first-order chi connectivity index (χ1) is 11.1. The highest BCUT2D eigenvalue weighted by Crippen LogP contribution is 2.32. The Morgan fingerprint density at radius 3 is 2.42 bits per heavy atom. The predicted molar refractivity (Wildman–Crippen MR) is 105 cm³/mol. The van der Waals surface area contributed by atoms with E-state index in [1.165, 1.54) is 24.8 Å². The molecule has 134 valence electrons. The van der Waals surface area contributed by atoms with E-state index in [0.29, 0.717) is 5.92 Å². The normalized spacial score (nSPS) is 21.2. The maximum atomic E-state index is 12.7. The van der Waals surface area contributed by atoms with Crippen molar-refractivity contribution in [3.05, 3.63) is 34.3 Å². The summed E-state index contributed by atoms with van der Waals surface area (Å²) < 4.78 is 1.11. The van der Waals surface area contributed by atoms with Crippen LogP contribution in [0.15, 0.2) is 28.7 Å². The number of amides is 1. The summed E-state index contributed by atoms with van der Waals surface area (Å²) in [6.45, 7) is 4.04. The molecule has 1 aliphatic heterocycles. The van der Waals surface area contributed by atoms with Gasteiger partial charge in [0.05, 0.1) is 0 Å². The fraction of sp³-hybridized carbons (Fsp3) is 0.632. The van der Waals surface area contributed by atoms with Crippen molar-refractivity contribution in [3.63, 3.8) is 0 Å². The zero-order valence-corrected chi connectivity index (χ0v) is 16.7. The molecule has 1 heterocycles. The minimum absolute atomic E-state index is 0. The lowest BCUT2D eigenvalue weighted by Crippen LogP contribution is -2.56.